The molecule has 0 unspecified atom stereocenters. The van der Waals surface area contributed by atoms with E-state index in [-0.39, 0.29) is 37.3 Å². The molecule has 4 aromatic rings. The van der Waals surface area contributed by atoms with Crippen molar-refractivity contribution in [2.75, 3.05) is 0 Å². The van der Waals surface area contributed by atoms with Gasteiger partial charge >= 0.3 is 5.97 Å². The number of aromatic nitrogens is 3. The van der Waals surface area contributed by atoms with Crippen molar-refractivity contribution in [2.45, 2.75) is 5.16 Å². The van der Waals surface area contributed by atoms with E-state index in [0.717, 1.165) is 23.4 Å². The van der Waals surface area contributed by atoms with Gasteiger partial charge in [0.1, 0.15) is 21.4 Å². The third kappa shape index (κ3) is 5.26. The number of thioether (sulfide) groups is 1. The van der Waals surface area contributed by atoms with Crippen LogP contribution in [-0.4, -0.2) is 31.2 Å². The summed E-state index contributed by atoms with van der Waals surface area (Å²) in [4.78, 5) is 26.4. The molecule has 9 nitrogen and oxygen atoms in total. The van der Waals surface area contributed by atoms with E-state index in [9.17, 15) is 20.0 Å². The van der Waals surface area contributed by atoms with Gasteiger partial charge in [-0.25, -0.2) is 9.78 Å². The monoisotopic (exact) mass is 536 g/mol. The number of hydrogen-bond donors (Lipinski definition) is 2. The average molecular weight is 538 g/mol. The van der Waals surface area contributed by atoms with Crippen molar-refractivity contribution in [1.82, 2.24) is 15.2 Å². The molecule has 2 aromatic carbocycles. The summed E-state index contributed by atoms with van der Waals surface area (Å²) >= 11 is 18.8. The van der Waals surface area contributed by atoms with Crippen LogP contribution in [0.4, 0.5) is 5.69 Å². The largest absolute Gasteiger partial charge is 0.477 e. The fraction of sp³-hybridized carbons (Fsp3) is 0. The minimum atomic E-state index is -1.21. The zero-order valence-electron chi connectivity index (χ0n) is 16.7. The van der Waals surface area contributed by atoms with Gasteiger partial charge in [0.15, 0.2) is 5.82 Å². The molecule has 2 N–H and O–H groups in total. The second-order valence-electron chi connectivity index (χ2n) is 6.63. The molecule has 0 saturated heterocycles. The normalized spacial score (nSPS) is 11.6. The molecule has 0 radical (unpaired) electrons. The van der Waals surface area contributed by atoms with Crippen LogP contribution >= 0.6 is 46.6 Å². The van der Waals surface area contributed by atoms with E-state index in [1.807, 2.05) is 0 Å². The van der Waals surface area contributed by atoms with Crippen molar-refractivity contribution in [1.29, 1.82) is 0 Å². The molecule has 0 aliphatic heterocycles. The van der Waals surface area contributed by atoms with E-state index >= 15 is 0 Å². The van der Waals surface area contributed by atoms with E-state index in [4.69, 9.17) is 39.2 Å². The molecule has 0 aliphatic carbocycles. The highest BCUT2D eigenvalue weighted by molar-refractivity contribution is 8.04. The highest BCUT2D eigenvalue weighted by Gasteiger charge is 2.19. The fourth-order valence-corrected chi connectivity index (χ4v) is 4.13. The first-order valence-electron chi connectivity index (χ1n) is 9.26. The van der Waals surface area contributed by atoms with Gasteiger partial charge in [-0.05, 0) is 54.2 Å². The number of carboxylic acids is 1. The van der Waals surface area contributed by atoms with Gasteiger partial charge in [-0.1, -0.05) is 34.8 Å². The van der Waals surface area contributed by atoms with Crippen LogP contribution in [0.25, 0.3) is 28.8 Å². The van der Waals surface area contributed by atoms with Crippen LogP contribution < -0.4 is 0 Å². The summed E-state index contributed by atoms with van der Waals surface area (Å²) in [5.41, 5.74) is 0.720. The van der Waals surface area contributed by atoms with Crippen molar-refractivity contribution in [3.05, 3.63) is 84.4 Å². The van der Waals surface area contributed by atoms with Gasteiger partial charge in [0.25, 0.3) is 5.69 Å². The molecule has 0 fully saturated rings. The van der Waals surface area contributed by atoms with Gasteiger partial charge in [-0.2, -0.15) is 0 Å². The number of carbonyl (C=O) groups is 1. The van der Waals surface area contributed by atoms with E-state index in [2.05, 4.69) is 15.2 Å². The number of hydrogen-bond acceptors (Lipinski definition) is 7. The number of nitrogens with zero attached hydrogens (tertiary/aromatic N) is 3. The number of nitrogens with one attached hydrogen (secondary N) is 1. The third-order valence-electron chi connectivity index (χ3n) is 4.39. The molecule has 172 valence electrons. The number of halogens is 3. The molecule has 4 rings (SSSR count). The predicted octanol–water partition coefficient (Wildman–Crippen LogP) is 6.82. The Hall–Kier alpha value is -3.31. The Morgan fingerprint density at radius 2 is 1.85 bits per heavy atom. The van der Waals surface area contributed by atoms with Gasteiger partial charge in [-0.3, -0.25) is 15.2 Å². The molecular formula is C21H11Cl3N4O5S. The Kier molecular flexibility index (Phi) is 6.94. The number of carboxylic acid groups (broad SMARTS) is 1. The summed E-state index contributed by atoms with van der Waals surface area (Å²) < 4.78 is 5.68. The molecule has 0 atom stereocenters. The van der Waals surface area contributed by atoms with Crippen molar-refractivity contribution in [3.63, 3.8) is 0 Å². The molecule has 0 saturated carbocycles. The lowest BCUT2D eigenvalue weighted by Crippen LogP contribution is -1.97. The SMILES string of the molecule is O=C(O)/C(=C/c1ccc(-c2cc(Cl)c([N+](=O)[O-])cc2Cl)o1)Sc1n[nH]c(-c2ccc(Cl)cc2)n1. The maximum atomic E-state index is 11.8. The highest BCUT2D eigenvalue weighted by Crippen LogP contribution is 2.38. The standard InChI is InChI=1S/C21H11Cl3N4O5S/c22-11-3-1-10(2-4-11)19-25-21(27-26-19)34-18(20(29)30)7-12-5-6-17(33-12)13-8-15(24)16(28(31)32)9-14(13)23/h1-9H,(H,29,30)(H,25,26,27)/b18-7-. The fourth-order valence-electron chi connectivity index (χ4n) is 2.83. The number of aliphatic carboxylic acids is 1. The molecule has 34 heavy (non-hydrogen) atoms. The van der Waals surface area contributed by atoms with Crippen LogP contribution in [0.15, 0.2) is 63.0 Å². The average Bonchev–Trinajstić information content (AvgIpc) is 3.45. The molecule has 2 aromatic heterocycles. The van der Waals surface area contributed by atoms with Crippen LogP contribution in [0.2, 0.25) is 15.1 Å². The highest BCUT2D eigenvalue weighted by atomic mass is 35.5. The van der Waals surface area contributed by atoms with Crippen molar-refractivity contribution >= 4 is 64.3 Å². The van der Waals surface area contributed by atoms with Crippen LogP contribution in [0.1, 0.15) is 5.76 Å². The van der Waals surface area contributed by atoms with Gasteiger partial charge in [-0.15, -0.1) is 5.10 Å². The van der Waals surface area contributed by atoms with Gasteiger partial charge in [0, 0.05) is 28.3 Å². The molecule has 13 heteroatoms. The van der Waals surface area contributed by atoms with E-state index in [0.29, 0.717) is 16.4 Å². The Labute approximate surface area is 210 Å². The lowest BCUT2D eigenvalue weighted by Gasteiger charge is -2.03. The molecule has 0 amide bonds. The number of nitro groups is 1. The number of benzene rings is 2. The Morgan fingerprint density at radius 3 is 2.53 bits per heavy atom. The second-order valence-corrected chi connectivity index (χ2v) is 8.89. The Bertz CT molecular complexity index is 1430. The number of rotatable bonds is 7. The Balaban J connectivity index is 1.58. The lowest BCUT2D eigenvalue weighted by atomic mass is 10.1. The van der Waals surface area contributed by atoms with E-state index in [1.165, 1.54) is 18.2 Å². The summed E-state index contributed by atoms with van der Waals surface area (Å²) in [6.07, 6.45) is 1.30. The number of H-pyrrole nitrogens is 1. The summed E-state index contributed by atoms with van der Waals surface area (Å²) in [6, 6.07) is 12.4. The molecule has 0 aliphatic rings. The molecule has 0 spiro atoms. The first kappa shape index (κ1) is 23.8. The zero-order valence-corrected chi connectivity index (χ0v) is 19.7. The lowest BCUT2D eigenvalue weighted by molar-refractivity contribution is -0.384. The minimum Gasteiger partial charge on any atom is -0.477 e. The van der Waals surface area contributed by atoms with E-state index in [1.54, 1.807) is 30.3 Å². The van der Waals surface area contributed by atoms with Crippen molar-refractivity contribution in [3.8, 4) is 22.7 Å². The number of aromatic amines is 1. The van der Waals surface area contributed by atoms with Crippen LogP contribution in [0.5, 0.6) is 0 Å². The maximum absolute atomic E-state index is 11.8. The Morgan fingerprint density at radius 1 is 1.12 bits per heavy atom. The van der Waals surface area contributed by atoms with Crippen molar-refractivity contribution < 1.29 is 19.2 Å². The van der Waals surface area contributed by atoms with Gasteiger partial charge < -0.3 is 9.52 Å². The molecular weight excluding hydrogens is 527 g/mol. The topological polar surface area (TPSA) is 135 Å². The van der Waals surface area contributed by atoms with Gasteiger partial charge in [0.05, 0.1) is 9.95 Å². The maximum Gasteiger partial charge on any atom is 0.342 e. The van der Waals surface area contributed by atoms with Crippen LogP contribution in [0, 0.1) is 10.1 Å². The first-order valence-corrected chi connectivity index (χ1v) is 11.2. The first-order chi connectivity index (χ1) is 16.2. The second kappa shape index (κ2) is 9.90. The molecule has 0 bridgehead atoms. The van der Waals surface area contributed by atoms with E-state index < -0.39 is 10.9 Å². The number of furan rings is 1. The minimum absolute atomic E-state index is 0.0595. The predicted molar refractivity (Wildman–Crippen MR) is 129 cm³/mol. The summed E-state index contributed by atoms with van der Waals surface area (Å²) in [7, 11) is 0. The summed E-state index contributed by atoms with van der Waals surface area (Å²) in [5, 5.41) is 28.2. The quantitative estimate of drug-likeness (QED) is 0.113. The molecule has 2 heterocycles. The van der Waals surface area contributed by atoms with Crippen LogP contribution in [-0.2, 0) is 4.79 Å². The van der Waals surface area contributed by atoms with Gasteiger partial charge in [0.2, 0.25) is 5.16 Å². The number of nitro benzene ring substituents is 1. The van der Waals surface area contributed by atoms with Crippen molar-refractivity contribution in [2.24, 2.45) is 0 Å². The van der Waals surface area contributed by atoms with Crippen LogP contribution in [0.3, 0.4) is 0 Å². The smallest absolute Gasteiger partial charge is 0.342 e. The summed E-state index contributed by atoms with van der Waals surface area (Å²) in [6.45, 7) is 0. The third-order valence-corrected chi connectivity index (χ3v) is 6.14. The summed E-state index contributed by atoms with van der Waals surface area (Å²) in [5.74, 6) is -0.296. The zero-order chi connectivity index (χ0) is 24.4.